The monoisotopic (exact) mass is 691 g/mol. The zero-order valence-corrected chi connectivity index (χ0v) is 31.0. The van der Waals surface area contributed by atoms with Gasteiger partial charge >= 0.3 is 12.0 Å². The van der Waals surface area contributed by atoms with Crippen LogP contribution >= 0.6 is 0 Å². The summed E-state index contributed by atoms with van der Waals surface area (Å²) in [6.07, 6.45) is -4.35. The first-order valence-corrected chi connectivity index (χ1v) is 17.9. The topological polar surface area (TPSA) is 150 Å². The molecule has 0 aliphatic carbocycles. The molecule has 3 heterocycles. The van der Waals surface area contributed by atoms with E-state index in [9.17, 15) is 24.9 Å². The molecule has 0 radical (unpaired) electrons. The SMILES string of the molecule is CC[C@H]1OC(=O)[C@H](C)C2O[C@](C)(C[C@@H](C)CN(C(=O)NCc3ccccc3)[C@H](C)[C@@H](O)[C@]1(C)O)[C@H](O[C@@H]1O[C@H](C)C[C@H](N(C)C)[C@H]1O)[C@H]2C. The number of nitrogens with one attached hydrogen (secondary N) is 1. The number of cyclic esters (lactones) is 1. The Kier molecular flexibility index (Phi) is 12.8. The summed E-state index contributed by atoms with van der Waals surface area (Å²) in [6, 6.07) is 8.11. The van der Waals surface area contributed by atoms with E-state index >= 15 is 0 Å². The first-order chi connectivity index (χ1) is 22.9. The zero-order chi connectivity index (χ0) is 36.4. The molecule has 12 nitrogen and oxygen atoms in total. The van der Waals surface area contributed by atoms with Crippen molar-refractivity contribution >= 4 is 12.0 Å². The summed E-state index contributed by atoms with van der Waals surface area (Å²) < 4.78 is 25.6. The summed E-state index contributed by atoms with van der Waals surface area (Å²) in [7, 11) is 3.85. The molecule has 278 valence electrons. The van der Waals surface area contributed by atoms with Gasteiger partial charge in [-0.05, 0) is 79.5 Å². The highest BCUT2D eigenvalue weighted by atomic mass is 16.7. The second-order valence-corrected chi connectivity index (χ2v) is 15.5. The lowest BCUT2D eigenvalue weighted by Crippen LogP contribution is -2.61. The first kappa shape index (κ1) is 39.5. The molecule has 3 aliphatic rings. The van der Waals surface area contributed by atoms with Gasteiger partial charge in [0.05, 0.1) is 35.9 Å². The molecule has 2 amide bonds. The van der Waals surface area contributed by atoms with Gasteiger partial charge in [0.2, 0.25) is 0 Å². The lowest BCUT2D eigenvalue weighted by Gasteiger charge is -2.45. The van der Waals surface area contributed by atoms with Crippen LogP contribution in [0.3, 0.4) is 0 Å². The van der Waals surface area contributed by atoms with Crippen LogP contribution in [0.15, 0.2) is 30.3 Å². The third kappa shape index (κ3) is 8.60. The summed E-state index contributed by atoms with van der Waals surface area (Å²) in [6.45, 7) is 15.1. The molecule has 3 fully saturated rings. The number of hydrogen-bond acceptors (Lipinski definition) is 10. The minimum Gasteiger partial charge on any atom is -0.459 e. The van der Waals surface area contributed by atoms with Gasteiger partial charge in [0.25, 0.3) is 0 Å². The Hall–Kier alpha value is -2.32. The van der Waals surface area contributed by atoms with Crippen molar-refractivity contribution < 1.29 is 43.9 Å². The zero-order valence-electron chi connectivity index (χ0n) is 31.0. The summed E-state index contributed by atoms with van der Waals surface area (Å²) >= 11 is 0. The number of carbonyl (C=O) groups excluding carboxylic acids is 2. The molecule has 2 bridgehead atoms. The highest BCUT2D eigenvalue weighted by Gasteiger charge is 2.57. The van der Waals surface area contributed by atoms with Crippen LogP contribution in [0, 0.1) is 17.8 Å². The predicted molar refractivity (Wildman–Crippen MR) is 184 cm³/mol. The first-order valence-electron chi connectivity index (χ1n) is 17.9. The second-order valence-electron chi connectivity index (χ2n) is 15.5. The Labute approximate surface area is 292 Å². The van der Waals surface area contributed by atoms with Crippen LogP contribution in [0.4, 0.5) is 4.79 Å². The minimum absolute atomic E-state index is 0.149. The van der Waals surface area contributed by atoms with Gasteiger partial charge < -0.3 is 49.4 Å². The molecular formula is C37H61N3O9. The van der Waals surface area contributed by atoms with Crippen molar-refractivity contribution in [2.45, 2.75) is 147 Å². The van der Waals surface area contributed by atoms with Crippen molar-refractivity contribution in [3.8, 4) is 0 Å². The molecule has 0 spiro atoms. The fraction of sp³-hybridized carbons (Fsp3) is 0.784. The third-order valence-corrected chi connectivity index (χ3v) is 11.1. The number of amides is 2. The fourth-order valence-corrected chi connectivity index (χ4v) is 8.25. The van der Waals surface area contributed by atoms with E-state index in [2.05, 4.69) is 5.32 Å². The van der Waals surface area contributed by atoms with Gasteiger partial charge in [0.1, 0.15) is 23.9 Å². The quantitative estimate of drug-likeness (QED) is 0.328. The number of fused-ring (bicyclic) bond motifs is 2. The van der Waals surface area contributed by atoms with Gasteiger partial charge in [-0.2, -0.15) is 0 Å². The van der Waals surface area contributed by atoms with Crippen molar-refractivity contribution in [3.63, 3.8) is 0 Å². The number of ether oxygens (including phenoxy) is 4. The molecule has 1 aromatic rings. The number of esters is 1. The van der Waals surface area contributed by atoms with E-state index in [-0.39, 0.29) is 43.5 Å². The normalized spacial score (nSPS) is 42.4. The molecule has 12 heteroatoms. The molecule has 0 saturated carbocycles. The van der Waals surface area contributed by atoms with Crippen LogP contribution in [0.25, 0.3) is 0 Å². The molecule has 49 heavy (non-hydrogen) atoms. The number of aliphatic hydroxyl groups is 3. The van der Waals surface area contributed by atoms with Crippen LogP contribution < -0.4 is 5.32 Å². The van der Waals surface area contributed by atoms with E-state index in [1.165, 1.54) is 6.92 Å². The number of rotatable bonds is 6. The number of hydrogen-bond donors (Lipinski definition) is 4. The number of carbonyl (C=O) groups is 2. The van der Waals surface area contributed by atoms with E-state index in [4.69, 9.17) is 18.9 Å². The van der Waals surface area contributed by atoms with E-state index in [1.54, 1.807) is 25.7 Å². The van der Waals surface area contributed by atoms with Crippen LogP contribution in [0.2, 0.25) is 0 Å². The maximum Gasteiger partial charge on any atom is 0.318 e. The molecule has 4 rings (SSSR count). The fourth-order valence-electron chi connectivity index (χ4n) is 8.25. The lowest BCUT2D eigenvalue weighted by atomic mass is 9.82. The molecule has 3 aliphatic heterocycles. The Morgan fingerprint density at radius 3 is 2.37 bits per heavy atom. The van der Waals surface area contributed by atoms with Gasteiger partial charge in [-0.1, -0.05) is 51.1 Å². The van der Waals surface area contributed by atoms with Gasteiger partial charge in [0.15, 0.2) is 6.29 Å². The van der Waals surface area contributed by atoms with Crippen molar-refractivity contribution in [2.24, 2.45) is 17.8 Å². The van der Waals surface area contributed by atoms with Gasteiger partial charge in [-0.3, -0.25) is 4.79 Å². The van der Waals surface area contributed by atoms with Crippen molar-refractivity contribution in [3.05, 3.63) is 35.9 Å². The van der Waals surface area contributed by atoms with E-state index < -0.39 is 72.0 Å². The Morgan fingerprint density at radius 2 is 1.76 bits per heavy atom. The maximum absolute atomic E-state index is 13.9. The molecule has 14 atom stereocenters. The standard InChI is InChI=1S/C37H61N3O9/c1-11-28-37(8,45)31(42)25(6)40(35(44)38-19-26-15-13-12-14-16-26)20-21(2)18-36(7)32(23(4)30(49-36)24(5)33(43)47-28)48-34-29(41)27(39(9)10)17-22(3)46-34/h12-16,21-25,27-32,34,41-42,45H,11,17-20H2,1-10H3,(H,38,44)/t21-,22-,23+,24-,25-,27+,28-,29-,30?,31-,32-,34+,36-,37-/m1/s1. The Balaban J connectivity index is 1.70. The molecule has 3 saturated heterocycles. The molecule has 1 aromatic carbocycles. The Bertz CT molecular complexity index is 1250. The smallest absolute Gasteiger partial charge is 0.318 e. The van der Waals surface area contributed by atoms with Crippen molar-refractivity contribution in [1.82, 2.24) is 15.1 Å². The van der Waals surface area contributed by atoms with Gasteiger partial charge in [-0.25, -0.2) is 4.79 Å². The largest absolute Gasteiger partial charge is 0.459 e. The molecule has 1 unspecified atom stereocenters. The second kappa shape index (κ2) is 15.9. The van der Waals surface area contributed by atoms with Crippen molar-refractivity contribution in [2.75, 3.05) is 20.6 Å². The Morgan fingerprint density at radius 1 is 1.10 bits per heavy atom. The van der Waals surface area contributed by atoms with Gasteiger partial charge in [-0.15, -0.1) is 0 Å². The van der Waals surface area contributed by atoms with E-state index in [1.807, 2.05) is 77.0 Å². The molecule has 4 N–H and O–H groups in total. The highest BCUT2D eigenvalue weighted by Crippen LogP contribution is 2.46. The van der Waals surface area contributed by atoms with E-state index in [0.717, 1.165) is 5.56 Å². The number of benzene rings is 1. The summed E-state index contributed by atoms with van der Waals surface area (Å²) in [4.78, 5) is 31.1. The van der Waals surface area contributed by atoms with Crippen LogP contribution in [-0.4, -0.2) is 124 Å². The van der Waals surface area contributed by atoms with Crippen LogP contribution in [0.5, 0.6) is 0 Å². The number of likely N-dealkylation sites (N-methyl/N-ethyl adjacent to an activating group) is 1. The molecule has 0 aromatic heterocycles. The third-order valence-electron chi connectivity index (χ3n) is 11.1. The lowest BCUT2D eigenvalue weighted by molar-refractivity contribution is -0.283. The maximum atomic E-state index is 13.9. The minimum atomic E-state index is -1.87. The number of aliphatic hydroxyl groups excluding tert-OH is 2. The average Bonchev–Trinajstić information content (AvgIpc) is 3.29. The average molecular weight is 692 g/mol. The van der Waals surface area contributed by atoms with E-state index in [0.29, 0.717) is 12.8 Å². The molecular weight excluding hydrogens is 630 g/mol. The summed E-state index contributed by atoms with van der Waals surface area (Å²) in [5, 5.41) is 37.7. The van der Waals surface area contributed by atoms with Crippen LogP contribution in [-0.2, 0) is 30.3 Å². The number of nitrogens with zero attached hydrogens (tertiary/aromatic N) is 2. The highest BCUT2D eigenvalue weighted by molar-refractivity contribution is 5.75. The summed E-state index contributed by atoms with van der Waals surface area (Å²) in [5.41, 5.74) is -1.89. The predicted octanol–water partition coefficient (Wildman–Crippen LogP) is 3.30. The number of urea groups is 1. The summed E-state index contributed by atoms with van der Waals surface area (Å²) in [5.74, 6) is -1.79. The van der Waals surface area contributed by atoms with Crippen molar-refractivity contribution in [1.29, 1.82) is 0 Å². The van der Waals surface area contributed by atoms with Crippen LogP contribution in [0.1, 0.15) is 80.2 Å². The van der Waals surface area contributed by atoms with Gasteiger partial charge in [0, 0.05) is 25.0 Å².